The molecular formula is C15H25ClN2O. The highest BCUT2D eigenvalue weighted by atomic mass is 35.5. The first-order valence-corrected chi connectivity index (χ1v) is 7.13. The molecule has 0 spiro atoms. The van der Waals surface area contributed by atoms with Gasteiger partial charge >= 0.3 is 0 Å². The lowest BCUT2D eigenvalue weighted by molar-refractivity contribution is 0.199. The molecule has 4 heteroatoms. The van der Waals surface area contributed by atoms with E-state index in [1.807, 2.05) is 18.2 Å². The number of nitrogens with zero attached hydrogens (tertiary/aromatic N) is 2. The lowest BCUT2D eigenvalue weighted by Crippen LogP contribution is -2.40. The van der Waals surface area contributed by atoms with Gasteiger partial charge in [0.15, 0.2) is 0 Å². The molecule has 19 heavy (non-hydrogen) atoms. The summed E-state index contributed by atoms with van der Waals surface area (Å²) in [7, 11) is 4.14. The maximum Gasteiger partial charge on any atom is 0.0762 e. The van der Waals surface area contributed by atoms with E-state index in [9.17, 15) is 5.11 Å². The molecule has 1 rings (SSSR count). The Kier molecular flexibility index (Phi) is 6.11. The predicted molar refractivity (Wildman–Crippen MR) is 83.1 cm³/mol. The number of hydrogen-bond acceptors (Lipinski definition) is 3. The average Bonchev–Trinajstić information content (AvgIpc) is 2.30. The highest BCUT2D eigenvalue weighted by Gasteiger charge is 2.17. The minimum absolute atomic E-state index is 0.384. The molecule has 3 nitrogen and oxygen atoms in total. The molecule has 2 atom stereocenters. The van der Waals surface area contributed by atoms with Gasteiger partial charge in [0.05, 0.1) is 16.8 Å². The molecule has 1 aromatic rings. The molecule has 0 saturated carbocycles. The smallest absolute Gasteiger partial charge is 0.0762 e. The van der Waals surface area contributed by atoms with Gasteiger partial charge in [-0.05, 0) is 52.6 Å². The van der Waals surface area contributed by atoms with E-state index in [4.69, 9.17) is 11.6 Å². The molecule has 0 heterocycles. The van der Waals surface area contributed by atoms with Crippen LogP contribution in [-0.4, -0.2) is 43.2 Å². The molecule has 0 aromatic heterocycles. The largest absolute Gasteiger partial charge is 0.389 e. The van der Waals surface area contributed by atoms with Crippen molar-refractivity contribution in [1.29, 1.82) is 0 Å². The fraction of sp³-hybridized carbons (Fsp3) is 0.600. The van der Waals surface area contributed by atoms with E-state index in [0.717, 1.165) is 24.3 Å². The highest BCUT2D eigenvalue weighted by Crippen LogP contribution is 2.30. The van der Waals surface area contributed by atoms with E-state index in [2.05, 4.69) is 37.7 Å². The van der Waals surface area contributed by atoms with Gasteiger partial charge in [0, 0.05) is 19.1 Å². The summed E-state index contributed by atoms with van der Waals surface area (Å²) < 4.78 is 0. The lowest BCUT2D eigenvalue weighted by atomic mass is 10.1. The van der Waals surface area contributed by atoms with Crippen molar-refractivity contribution in [1.82, 2.24) is 4.90 Å². The Bertz CT molecular complexity index is 407. The first-order chi connectivity index (χ1) is 8.86. The first kappa shape index (κ1) is 16.3. The molecule has 1 N–H and O–H groups in total. The molecule has 108 valence electrons. The molecule has 0 bridgehead atoms. The third-order valence-corrected chi connectivity index (χ3v) is 3.57. The zero-order valence-electron chi connectivity index (χ0n) is 12.5. The zero-order valence-corrected chi connectivity index (χ0v) is 13.3. The quantitative estimate of drug-likeness (QED) is 0.869. The molecule has 0 saturated heterocycles. The maximum absolute atomic E-state index is 9.58. The monoisotopic (exact) mass is 284 g/mol. The van der Waals surface area contributed by atoms with Crippen LogP contribution in [0.2, 0.25) is 5.02 Å². The minimum atomic E-state index is -0.485. The standard InChI is InChI=1S/C15H25ClN2O/c1-6-18(11(2)10-17(4)5)15-8-7-13(12(3)19)9-14(15)16/h7-9,11-12,19H,6,10H2,1-5H3. The number of rotatable bonds is 6. The second-order valence-corrected chi connectivity index (χ2v) is 5.69. The van der Waals surface area contributed by atoms with Crippen LogP contribution in [0.5, 0.6) is 0 Å². The Balaban J connectivity index is 2.98. The van der Waals surface area contributed by atoms with E-state index in [0.29, 0.717) is 11.1 Å². The topological polar surface area (TPSA) is 26.7 Å². The van der Waals surface area contributed by atoms with E-state index in [-0.39, 0.29) is 0 Å². The molecule has 2 unspecified atom stereocenters. The van der Waals surface area contributed by atoms with Gasteiger partial charge in [0.25, 0.3) is 0 Å². The molecule has 0 fully saturated rings. The number of aliphatic hydroxyl groups excluding tert-OH is 1. The fourth-order valence-corrected chi connectivity index (χ4v) is 2.66. The molecule has 1 aromatic carbocycles. The summed E-state index contributed by atoms with van der Waals surface area (Å²) in [5, 5.41) is 10.3. The lowest BCUT2D eigenvalue weighted by Gasteiger charge is -2.33. The zero-order chi connectivity index (χ0) is 14.6. The van der Waals surface area contributed by atoms with Gasteiger partial charge in [-0.1, -0.05) is 17.7 Å². The van der Waals surface area contributed by atoms with Gasteiger partial charge in [-0.25, -0.2) is 0 Å². The predicted octanol–water partition coefficient (Wildman–Crippen LogP) is 3.17. The highest BCUT2D eigenvalue weighted by molar-refractivity contribution is 6.33. The normalized spacial score (nSPS) is 14.5. The van der Waals surface area contributed by atoms with Crippen LogP contribution in [0.1, 0.15) is 32.4 Å². The molecule has 0 aliphatic carbocycles. The number of likely N-dealkylation sites (N-methyl/N-ethyl adjacent to an activating group) is 2. The Morgan fingerprint density at radius 3 is 2.32 bits per heavy atom. The van der Waals surface area contributed by atoms with Crippen molar-refractivity contribution in [2.45, 2.75) is 32.9 Å². The first-order valence-electron chi connectivity index (χ1n) is 6.75. The van der Waals surface area contributed by atoms with Gasteiger partial charge < -0.3 is 14.9 Å². The molecule has 0 amide bonds. The van der Waals surface area contributed by atoms with Crippen LogP contribution >= 0.6 is 11.6 Å². The van der Waals surface area contributed by atoms with Crippen molar-refractivity contribution in [3.8, 4) is 0 Å². The van der Waals surface area contributed by atoms with Crippen LogP contribution in [0.4, 0.5) is 5.69 Å². The van der Waals surface area contributed by atoms with Crippen molar-refractivity contribution in [2.24, 2.45) is 0 Å². The third-order valence-electron chi connectivity index (χ3n) is 3.27. The summed E-state index contributed by atoms with van der Waals surface area (Å²) in [6, 6.07) is 6.18. The van der Waals surface area contributed by atoms with Crippen molar-refractivity contribution in [3.05, 3.63) is 28.8 Å². The van der Waals surface area contributed by atoms with E-state index >= 15 is 0 Å². The Hall–Kier alpha value is -0.770. The number of halogens is 1. The number of benzene rings is 1. The second kappa shape index (κ2) is 7.13. The number of hydrogen-bond donors (Lipinski definition) is 1. The summed E-state index contributed by atoms with van der Waals surface area (Å²) in [6.45, 7) is 7.95. The fourth-order valence-electron chi connectivity index (χ4n) is 2.36. The van der Waals surface area contributed by atoms with Crippen LogP contribution in [0, 0.1) is 0 Å². The van der Waals surface area contributed by atoms with Crippen molar-refractivity contribution in [3.63, 3.8) is 0 Å². The summed E-state index contributed by atoms with van der Waals surface area (Å²) in [4.78, 5) is 4.46. The van der Waals surface area contributed by atoms with Crippen molar-refractivity contribution < 1.29 is 5.11 Å². The summed E-state index contributed by atoms with van der Waals surface area (Å²) >= 11 is 6.36. The van der Waals surface area contributed by atoms with Crippen LogP contribution in [-0.2, 0) is 0 Å². The Morgan fingerprint density at radius 2 is 1.89 bits per heavy atom. The molecular weight excluding hydrogens is 260 g/mol. The Labute approximate surface area is 121 Å². The van der Waals surface area contributed by atoms with Crippen LogP contribution in [0.25, 0.3) is 0 Å². The minimum Gasteiger partial charge on any atom is -0.389 e. The van der Waals surface area contributed by atoms with Crippen molar-refractivity contribution in [2.75, 3.05) is 32.1 Å². The third kappa shape index (κ3) is 4.37. The average molecular weight is 285 g/mol. The molecule has 0 radical (unpaired) electrons. The van der Waals surface area contributed by atoms with Crippen molar-refractivity contribution >= 4 is 17.3 Å². The van der Waals surface area contributed by atoms with E-state index in [1.54, 1.807) is 6.92 Å². The summed E-state index contributed by atoms with van der Waals surface area (Å²) in [5.41, 5.74) is 1.88. The SMILES string of the molecule is CCN(c1ccc(C(C)O)cc1Cl)C(C)CN(C)C. The molecule has 0 aliphatic heterocycles. The van der Waals surface area contributed by atoms with Crippen LogP contribution in [0.3, 0.4) is 0 Å². The van der Waals surface area contributed by atoms with Gasteiger partial charge in [-0.15, -0.1) is 0 Å². The van der Waals surface area contributed by atoms with E-state index < -0.39 is 6.10 Å². The summed E-state index contributed by atoms with van der Waals surface area (Å²) in [5.74, 6) is 0. The van der Waals surface area contributed by atoms with Gasteiger partial charge in [0.1, 0.15) is 0 Å². The molecule has 0 aliphatic rings. The van der Waals surface area contributed by atoms with Gasteiger partial charge in [0.2, 0.25) is 0 Å². The van der Waals surface area contributed by atoms with Gasteiger partial charge in [-0.2, -0.15) is 0 Å². The maximum atomic E-state index is 9.58. The van der Waals surface area contributed by atoms with Crippen LogP contribution < -0.4 is 4.90 Å². The summed E-state index contributed by atoms with van der Waals surface area (Å²) in [6.07, 6.45) is -0.485. The second-order valence-electron chi connectivity index (χ2n) is 5.28. The van der Waals surface area contributed by atoms with E-state index in [1.165, 1.54) is 0 Å². The van der Waals surface area contributed by atoms with Gasteiger partial charge in [-0.3, -0.25) is 0 Å². The Morgan fingerprint density at radius 1 is 1.26 bits per heavy atom. The van der Waals surface area contributed by atoms with Crippen LogP contribution in [0.15, 0.2) is 18.2 Å². The number of aliphatic hydroxyl groups is 1. The number of anilines is 1.